The Hall–Kier alpha value is -3.48. The first-order valence-electron chi connectivity index (χ1n) is 9.93. The van der Waals surface area contributed by atoms with Crippen LogP contribution in [0.1, 0.15) is 41.2 Å². The van der Waals surface area contributed by atoms with Crippen molar-refractivity contribution in [2.24, 2.45) is 5.92 Å². The van der Waals surface area contributed by atoms with E-state index in [2.05, 4.69) is 20.7 Å². The van der Waals surface area contributed by atoms with E-state index >= 15 is 0 Å². The summed E-state index contributed by atoms with van der Waals surface area (Å²) >= 11 is 0. The molecule has 0 bridgehead atoms. The minimum absolute atomic E-state index is 0.0834. The quantitative estimate of drug-likeness (QED) is 0.656. The Bertz CT molecular complexity index is 1050. The second-order valence-corrected chi connectivity index (χ2v) is 7.74. The molecular formula is C23H27N5O2. The molecule has 1 unspecified atom stereocenters. The van der Waals surface area contributed by atoms with Gasteiger partial charge in [0.1, 0.15) is 6.04 Å². The smallest absolute Gasteiger partial charge is 0.252 e. The van der Waals surface area contributed by atoms with Crippen LogP contribution < -0.4 is 10.6 Å². The summed E-state index contributed by atoms with van der Waals surface area (Å²) in [7, 11) is 0. The van der Waals surface area contributed by atoms with E-state index in [0.717, 1.165) is 17.0 Å². The molecule has 0 spiro atoms. The summed E-state index contributed by atoms with van der Waals surface area (Å²) in [6, 6.07) is 12.2. The van der Waals surface area contributed by atoms with Gasteiger partial charge in [0, 0.05) is 11.3 Å². The number of aromatic nitrogens is 3. The standard InChI is InChI=1S/C23H27N5O2/c1-14(2)21(26-22(29)19-9-7-6-8-15(19)3)23(30)25-18-10-11-20(24-13-18)28-17(5)12-16(4)27-28/h6-14,21H,1-5H3,(H,25,30)(H,26,29). The first-order valence-corrected chi connectivity index (χ1v) is 9.93. The zero-order valence-electron chi connectivity index (χ0n) is 17.9. The van der Waals surface area contributed by atoms with Crippen molar-refractivity contribution in [3.05, 3.63) is 71.2 Å². The van der Waals surface area contributed by atoms with Crippen molar-refractivity contribution in [1.82, 2.24) is 20.1 Å². The van der Waals surface area contributed by atoms with Gasteiger partial charge in [0.05, 0.1) is 17.6 Å². The van der Waals surface area contributed by atoms with E-state index in [9.17, 15) is 9.59 Å². The van der Waals surface area contributed by atoms with Gasteiger partial charge in [0.2, 0.25) is 5.91 Å². The van der Waals surface area contributed by atoms with Gasteiger partial charge in [-0.2, -0.15) is 5.10 Å². The Morgan fingerprint density at radius 1 is 1.03 bits per heavy atom. The van der Waals surface area contributed by atoms with Gasteiger partial charge in [-0.05, 0) is 56.5 Å². The highest BCUT2D eigenvalue weighted by molar-refractivity contribution is 6.01. The number of nitrogens with one attached hydrogen (secondary N) is 2. The van der Waals surface area contributed by atoms with Crippen molar-refractivity contribution in [2.75, 3.05) is 5.32 Å². The maximum absolute atomic E-state index is 12.8. The summed E-state index contributed by atoms with van der Waals surface area (Å²) in [5, 5.41) is 10.1. The predicted octanol–water partition coefficient (Wildman–Crippen LogP) is 3.59. The number of nitrogens with zero attached hydrogens (tertiary/aromatic N) is 3. The fraction of sp³-hybridized carbons (Fsp3) is 0.304. The highest BCUT2D eigenvalue weighted by Crippen LogP contribution is 2.15. The molecule has 2 heterocycles. The number of anilines is 1. The van der Waals surface area contributed by atoms with Crippen LogP contribution in [0.5, 0.6) is 0 Å². The number of aryl methyl sites for hydroxylation is 3. The van der Waals surface area contributed by atoms with Crippen molar-refractivity contribution < 1.29 is 9.59 Å². The average molecular weight is 406 g/mol. The number of amides is 2. The SMILES string of the molecule is Cc1cc(C)n(-c2ccc(NC(=O)C(NC(=O)c3ccccc3C)C(C)C)cn2)n1. The molecular weight excluding hydrogens is 378 g/mol. The third kappa shape index (κ3) is 4.74. The molecule has 2 N–H and O–H groups in total. The average Bonchev–Trinajstić information content (AvgIpc) is 3.04. The van der Waals surface area contributed by atoms with Crippen LogP contribution in [0.25, 0.3) is 5.82 Å². The third-order valence-corrected chi connectivity index (χ3v) is 4.87. The number of benzene rings is 1. The summed E-state index contributed by atoms with van der Waals surface area (Å²) in [6.07, 6.45) is 1.59. The molecule has 2 aromatic heterocycles. The Balaban J connectivity index is 1.71. The predicted molar refractivity (Wildman–Crippen MR) is 117 cm³/mol. The Kier molecular flexibility index (Phi) is 6.30. The topological polar surface area (TPSA) is 88.9 Å². The zero-order chi connectivity index (χ0) is 21.8. The molecule has 30 heavy (non-hydrogen) atoms. The highest BCUT2D eigenvalue weighted by Gasteiger charge is 2.25. The molecule has 0 aliphatic carbocycles. The third-order valence-electron chi connectivity index (χ3n) is 4.87. The number of rotatable bonds is 6. The van der Waals surface area contributed by atoms with Crippen molar-refractivity contribution >= 4 is 17.5 Å². The van der Waals surface area contributed by atoms with Crippen LogP contribution in [0.2, 0.25) is 0 Å². The molecule has 0 fully saturated rings. The van der Waals surface area contributed by atoms with E-state index < -0.39 is 6.04 Å². The van der Waals surface area contributed by atoms with Gasteiger partial charge in [0.25, 0.3) is 5.91 Å². The van der Waals surface area contributed by atoms with Gasteiger partial charge in [-0.1, -0.05) is 32.0 Å². The summed E-state index contributed by atoms with van der Waals surface area (Å²) in [5.41, 5.74) is 3.88. The summed E-state index contributed by atoms with van der Waals surface area (Å²) in [4.78, 5) is 29.9. The monoisotopic (exact) mass is 405 g/mol. The van der Waals surface area contributed by atoms with Gasteiger partial charge in [-0.15, -0.1) is 0 Å². The molecule has 0 aliphatic rings. The second-order valence-electron chi connectivity index (χ2n) is 7.74. The van der Waals surface area contributed by atoms with Crippen LogP contribution in [-0.2, 0) is 4.79 Å². The molecule has 7 heteroatoms. The van der Waals surface area contributed by atoms with Gasteiger partial charge in [-0.25, -0.2) is 9.67 Å². The molecule has 2 amide bonds. The maximum Gasteiger partial charge on any atom is 0.252 e. The Morgan fingerprint density at radius 3 is 2.33 bits per heavy atom. The van der Waals surface area contributed by atoms with E-state index in [1.165, 1.54) is 0 Å². The van der Waals surface area contributed by atoms with Crippen LogP contribution in [0, 0.1) is 26.7 Å². The lowest BCUT2D eigenvalue weighted by atomic mass is 10.0. The van der Waals surface area contributed by atoms with Gasteiger partial charge in [-0.3, -0.25) is 9.59 Å². The lowest BCUT2D eigenvalue weighted by Gasteiger charge is -2.22. The van der Waals surface area contributed by atoms with E-state index in [-0.39, 0.29) is 17.7 Å². The molecule has 1 aromatic carbocycles. The highest BCUT2D eigenvalue weighted by atomic mass is 16.2. The largest absolute Gasteiger partial charge is 0.340 e. The van der Waals surface area contributed by atoms with Crippen LogP contribution >= 0.6 is 0 Å². The normalized spacial score (nSPS) is 11.9. The van der Waals surface area contributed by atoms with E-state index in [0.29, 0.717) is 17.1 Å². The van der Waals surface area contributed by atoms with Crippen molar-refractivity contribution in [3.63, 3.8) is 0 Å². The number of pyridine rings is 1. The lowest BCUT2D eigenvalue weighted by molar-refractivity contribution is -0.118. The van der Waals surface area contributed by atoms with E-state index in [4.69, 9.17) is 0 Å². The van der Waals surface area contributed by atoms with Crippen molar-refractivity contribution in [2.45, 2.75) is 40.7 Å². The molecule has 3 rings (SSSR count). The van der Waals surface area contributed by atoms with Crippen LogP contribution in [-0.4, -0.2) is 32.6 Å². The van der Waals surface area contributed by atoms with Gasteiger partial charge >= 0.3 is 0 Å². The number of carbonyl (C=O) groups is 2. The molecule has 0 radical (unpaired) electrons. The molecule has 0 saturated heterocycles. The van der Waals surface area contributed by atoms with Gasteiger partial charge in [0.15, 0.2) is 5.82 Å². The number of hydrogen-bond donors (Lipinski definition) is 2. The molecule has 0 saturated carbocycles. The zero-order valence-corrected chi connectivity index (χ0v) is 17.9. The minimum Gasteiger partial charge on any atom is -0.340 e. The van der Waals surface area contributed by atoms with Crippen molar-refractivity contribution in [3.8, 4) is 5.82 Å². The van der Waals surface area contributed by atoms with Crippen molar-refractivity contribution in [1.29, 1.82) is 0 Å². The number of hydrogen-bond acceptors (Lipinski definition) is 4. The maximum atomic E-state index is 12.8. The molecule has 3 aromatic rings. The Morgan fingerprint density at radius 2 is 1.77 bits per heavy atom. The van der Waals surface area contributed by atoms with Crippen LogP contribution in [0.3, 0.4) is 0 Å². The molecule has 0 aliphatic heterocycles. The second kappa shape index (κ2) is 8.90. The lowest BCUT2D eigenvalue weighted by Crippen LogP contribution is -2.47. The van der Waals surface area contributed by atoms with Crippen LogP contribution in [0.15, 0.2) is 48.7 Å². The summed E-state index contributed by atoms with van der Waals surface area (Å²) in [5.74, 6) is 0.0410. The Labute approximate surface area is 176 Å². The van der Waals surface area contributed by atoms with E-state index in [1.54, 1.807) is 29.1 Å². The molecule has 156 valence electrons. The fourth-order valence-electron chi connectivity index (χ4n) is 3.25. The van der Waals surface area contributed by atoms with Gasteiger partial charge < -0.3 is 10.6 Å². The van der Waals surface area contributed by atoms with E-state index in [1.807, 2.05) is 58.9 Å². The summed E-state index contributed by atoms with van der Waals surface area (Å²) < 4.78 is 1.75. The fourth-order valence-corrected chi connectivity index (χ4v) is 3.25. The minimum atomic E-state index is -0.673. The van der Waals surface area contributed by atoms with Crippen LogP contribution in [0.4, 0.5) is 5.69 Å². The molecule has 1 atom stereocenters. The first kappa shape index (κ1) is 21.2. The number of carbonyl (C=O) groups excluding carboxylic acids is 2. The summed E-state index contributed by atoms with van der Waals surface area (Å²) in [6.45, 7) is 9.55. The first-order chi connectivity index (χ1) is 14.3. The molecule has 7 nitrogen and oxygen atoms in total.